The van der Waals surface area contributed by atoms with Crippen molar-refractivity contribution >= 4 is 23.7 Å². The largest absolute Gasteiger partial charge is 0.481 e. The normalized spacial score (nSPS) is 9.65. The molecule has 0 aliphatic carbocycles. The van der Waals surface area contributed by atoms with Crippen LogP contribution in [0.1, 0.15) is 12.0 Å². The number of methoxy groups -OCH3 is 1. The number of aliphatic carboxylic acids is 1. The Hall–Kier alpha value is -2.57. The molecule has 0 aliphatic rings. The summed E-state index contributed by atoms with van der Waals surface area (Å²) in [6.07, 6.45) is 0.0348. The second-order valence-electron chi connectivity index (χ2n) is 3.97. The lowest BCUT2D eigenvalue weighted by Crippen LogP contribution is -2.30. The van der Waals surface area contributed by atoms with Gasteiger partial charge in [-0.15, -0.1) is 0 Å². The van der Waals surface area contributed by atoms with Crippen LogP contribution in [-0.4, -0.2) is 36.7 Å². The van der Waals surface area contributed by atoms with Crippen LogP contribution in [0.2, 0.25) is 0 Å². The molecule has 0 fully saturated rings. The number of rotatable bonds is 6. The molecule has 0 saturated carbocycles. The van der Waals surface area contributed by atoms with Crippen molar-refractivity contribution in [3.8, 4) is 0 Å². The SMILES string of the molecule is COC(=O)CCNC(=O)Nc1ccc(CC(=O)O)cc1. The molecule has 0 heterocycles. The van der Waals surface area contributed by atoms with E-state index in [1.54, 1.807) is 24.3 Å². The van der Waals surface area contributed by atoms with Crippen LogP contribution in [0.15, 0.2) is 24.3 Å². The fourth-order valence-electron chi connectivity index (χ4n) is 1.44. The van der Waals surface area contributed by atoms with Crippen molar-refractivity contribution in [2.75, 3.05) is 19.0 Å². The van der Waals surface area contributed by atoms with Gasteiger partial charge in [0.1, 0.15) is 0 Å². The average Bonchev–Trinajstić information content (AvgIpc) is 2.40. The number of urea groups is 1. The van der Waals surface area contributed by atoms with E-state index in [1.807, 2.05) is 0 Å². The number of ether oxygens (including phenoxy) is 1. The van der Waals surface area contributed by atoms with Crippen molar-refractivity contribution in [1.82, 2.24) is 5.32 Å². The van der Waals surface area contributed by atoms with Gasteiger partial charge in [-0.05, 0) is 17.7 Å². The van der Waals surface area contributed by atoms with Gasteiger partial charge in [-0.25, -0.2) is 4.79 Å². The van der Waals surface area contributed by atoms with Gasteiger partial charge in [0.15, 0.2) is 0 Å². The Kier molecular flexibility index (Phi) is 6.02. The number of hydrogen-bond acceptors (Lipinski definition) is 4. The smallest absolute Gasteiger partial charge is 0.319 e. The van der Waals surface area contributed by atoms with Crippen LogP contribution >= 0.6 is 0 Å². The van der Waals surface area contributed by atoms with E-state index in [2.05, 4.69) is 15.4 Å². The summed E-state index contributed by atoms with van der Waals surface area (Å²) in [5.74, 6) is -1.31. The van der Waals surface area contributed by atoms with Crippen LogP contribution in [0.3, 0.4) is 0 Å². The Balaban J connectivity index is 2.38. The number of esters is 1. The van der Waals surface area contributed by atoms with E-state index in [9.17, 15) is 14.4 Å². The van der Waals surface area contributed by atoms with Gasteiger partial charge in [0.05, 0.1) is 20.0 Å². The minimum absolute atomic E-state index is 0.0639. The molecule has 2 amide bonds. The maximum atomic E-state index is 11.5. The van der Waals surface area contributed by atoms with Crippen molar-refractivity contribution in [2.45, 2.75) is 12.8 Å². The molecule has 0 aliphatic heterocycles. The molecule has 0 aromatic heterocycles. The highest BCUT2D eigenvalue weighted by molar-refractivity contribution is 5.89. The predicted octanol–water partition coefficient (Wildman–Crippen LogP) is 0.998. The van der Waals surface area contributed by atoms with Gasteiger partial charge in [0.25, 0.3) is 0 Å². The van der Waals surface area contributed by atoms with Gasteiger partial charge in [-0.2, -0.15) is 0 Å². The summed E-state index contributed by atoms with van der Waals surface area (Å²) < 4.78 is 4.44. The molecule has 0 saturated heterocycles. The van der Waals surface area contributed by atoms with Crippen LogP contribution in [0.4, 0.5) is 10.5 Å². The van der Waals surface area contributed by atoms with E-state index in [-0.39, 0.29) is 19.4 Å². The molecule has 0 unspecified atom stereocenters. The van der Waals surface area contributed by atoms with Crippen molar-refractivity contribution in [2.24, 2.45) is 0 Å². The molecular formula is C13H16N2O5. The topological polar surface area (TPSA) is 105 Å². The van der Waals surface area contributed by atoms with Crippen molar-refractivity contribution in [1.29, 1.82) is 0 Å². The molecule has 1 rings (SSSR count). The summed E-state index contributed by atoms with van der Waals surface area (Å²) in [6.45, 7) is 0.176. The van der Waals surface area contributed by atoms with Gasteiger partial charge in [0, 0.05) is 12.2 Å². The number of anilines is 1. The summed E-state index contributed by atoms with van der Waals surface area (Å²) in [5.41, 5.74) is 1.18. The zero-order valence-corrected chi connectivity index (χ0v) is 11.0. The molecule has 0 radical (unpaired) electrons. The number of hydrogen-bond donors (Lipinski definition) is 3. The van der Waals surface area contributed by atoms with Gasteiger partial charge in [-0.1, -0.05) is 12.1 Å². The Morgan fingerprint density at radius 3 is 2.40 bits per heavy atom. The lowest BCUT2D eigenvalue weighted by molar-refractivity contribution is -0.140. The third-order valence-electron chi connectivity index (χ3n) is 2.41. The zero-order valence-electron chi connectivity index (χ0n) is 11.0. The highest BCUT2D eigenvalue weighted by Gasteiger charge is 2.05. The number of benzene rings is 1. The third-order valence-corrected chi connectivity index (χ3v) is 2.41. The fourth-order valence-corrected chi connectivity index (χ4v) is 1.44. The molecule has 7 nitrogen and oxygen atoms in total. The lowest BCUT2D eigenvalue weighted by Gasteiger charge is -2.07. The average molecular weight is 280 g/mol. The van der Waals surface area contributed by atoms with Gasteiger partial charge < -0.3 is 20.5 Å². The number of carbonyl (C=O) groups is 3. The molecule has 1 aromatic carbocycles. The first kappa shape index (κ1) is 15.5. The van der Waals surface area contributed by atoms with Gasteiger partial charge in [0.2, 0.25) is 0 Å². The number of amides is 2. The summed E-state index contributed by atoms with van der Waals surface area (Å²) in [4.78, 5) is 32.8. The van der Waals surface area contributed by atoms with E-state index in [1.165, 1.54) is 7.11 Å². The van der Waals surface area contributed by atoms with Crippen molar-refractivity contribution < 1.29 is 24.2 Å². The second-order valence-corrected chi connectivity index (χ2v) is 3.97. The number of carboxylic acids is 1. The van der Waals surface area contributed by atoms with E-state index < -0.39 is 18.0 Å². The molecule has 0 atom stereocenters. The van der Waals surface area contributed by atoms with Crippen molar-refractivity contribution in [3.05, 3.63) is 29.8 Å². The van der Waals surface area contributed by atoms with Crippen LogP contribution in [0.25, 0.3) is 0 Å². The molecule has 7 heteroatoms. The quantitative estimate of drug-likeness (QED) is 0.674. The molecule has 3 N–H and O–H groups in total. The highest BCUT2D eigenvalue weighted by Crippen LogP contribution is 2.09. The Morgan fingerprint density at radius 2 is 1.85 bits per heavy atom. The zero-order chi connectivity index (χ0) is 15.0. The molecule has 0 bridgehead atoms. The van der Waals surface area contributed by atoms with Crippen molar-refractivity contribution in [3.63, 3.8) is 0 Å². The van der Waals surface area contributed by atoms with E-state index in [0.717, 1.165) is 0 Å². The first-order chi connectivity index (χ1) is 9.51. The van der Waals surface area contributed by atoms with Crippen LogP contribution in [0, 0.1) is 0 Å². The molecule has 20 heavy (non-hydrogen) atoms. The fraction of sp³-hybridized carbons (Fsp3) is 0.308. The Bertz CT molecular complexity index is 484. The third kappa shape index (κ3) is 5.85. The van der Waals surface area contributed by atoms with Crippen LogP contribution < -0.4 is 10.6 Å². The van der Waals surface area contributed by atoms with E-state index in [4.69, 9.17) is 5.11 Å². The predicted molar refractivity (Wildman–Crippen MR) is 71.4 cm³/mol. The van der Waals surface area contributed by atoms with E-state index >= 15 is 0 Å². The standard InChI is InChI=1S/C13H16N2O5/c1-20-12(18)6-7-14-13(19)15-10-4-2-9(3-5-10)8-11(16)17/h2-5H,6-8H2,1H3,(H,16,17)(H2,14,15,19). The highest BCUT2D eigenvalue weighted by atomic mass is 16.5. The summed E-state index contributed by atoms with van der Waals surface area (Å²) in [6, 6.07) is 6.02. The first-order valence-electron chi connectivity index (χ1n) is 5.93. The summed E-state index contributed by atoms with van der Waals surface area (Å²) in [7, 11) is 1.28. The van der Waals surface area contributed by atoms with Gasteiger partial charge in [-0.3, -0.25) is 9.59 Å². The number of nitrogens with one attached hydrogen (secondary N) is 2. The van der Waals surface area contributed by atoms with Crippen LogP contribution in [-0.2, 0) is 20.7 Å². The second kappa shape index (κ2) is 7.78. The minimum Gasteiger partial charge on any atom is -0.481 e. The molecule has 0 spiro atoms. The van der Waals surface area contributed by atoms with E-state index in [0.29, 0.717) is 11.3 Å². The molecule has 1 aromatic rings. The summed E-state index contributed by atoms with van der Waals surface area (Å²) >= 11 is 0. The molecular weight excluding hydrogens is 264 g/mol. The minimum atomic E-state index is -0.911. The first-order valence-corrected chi connectivity index (χ1v) is 5.93. The van der Waals surface area contributed by atoms with Gasteiger partial charge >= 0.3 is 18.0 Å². The lowest BCUT2D eigenvalue weighted by atomic mass is 10.1. The molecule has 108 valence electrons. The van der Waals surface area contributed by atoms with Crippen LogP contribution in [0.5, 0.6) is 0 Å². The maximum absolute atomic E-state index is 11.5. The number of carboxylic acid groups (broad SMARTS) is 1. The maximum Gasteiger partial charge on any atom is 0.319 e. The Labute approximate surface area is 115 Å². The Morgan fingerprint density at radius 1 is 1.20 bits per heavy atom. The number of carbonyl (C=O) groups excluding carboxylic acids is 2. The monoisotopic (exact) mass is 280 g/mol. The summed E-state index contributed by atoms with van der Waals surface area (Å²) in [5, 5.41) is 13.7.